The van der Waals surface area contributed by atoms with E-state index in [0.29, 0.717) is 23.1 Å². The first-order valence-electron chi connectivity index (χ1n) is 6.45. The zero-order valence-electron chi connectivity index (χ0n) is 10.8. The van der Waals surface area contributed by atoms with E-state index in [-0.39, 0.29) is 12.1 Å². The molecule has 1 aromatic carbocycles. The maximum absolute atomic E-state index is 11.6. The van der Waals surface area contributed by atoms with Crippen molar-refractivity contribution in [2.45, 2.75) is 6.04 Å². The molecule has 0 aromatic heterocycles. The van der Waals surface area contributed by atoms with Gasteiger partial charge < -0.3 is 20.9 Å². The van der Waals surface area contributed by atoms with E-state index in [1.807, 2.05) is 17.0 Å². The summed E-state index contributed by atoms with van der Waals surface area (Å²) in [5.74, 6) is 0. The molecule has 1 unspecified atom stereocenters. The van der Waals surface area contributed by atoms with Crippen LogP contribution in [-0.4, -0.2) is 48.1 Å². The number of anilines is 1. The highest BCUT2D eigenvalue weighted by molar-refractivity contribution is 7.80. The van der Waals surface area contributed by atoms with Crippen molar-refractivity contribution in [2.24, 2.45) is 5.73 Å². The minimum atomic E-state index is 0.0281. The molecule has 2 heterocycles. The van der Waals surface area contributed by atoms with Crippen molar-refractivity contribution in [2.75, 3.05) is 31.1 Å². The number of halogens is 1. The van der Waals surface area contributed by atoms with Crippen molar-refractivity contribution < 1.29 is 4.79 Å². The second-order valence-electron chi connectivity index (χ2n) is 5.01. The number of carbonyl (C=O) groups excluding carboxylic acids is 1. The summed E-state index contributed by atoms with van der Waals surface area (Å²) in [7, 11) is 0. The number of fused-ring (bicyclic) bond motifs is 1. The molecule has 0 spiro atoms. The molecule has 1 atom stereocenters. The van der Waals surface area contributed by atoms with Crippen molar-refractivity contribution >= 4 is 40.5 Å². The summed E-state index contributed by atoms with van der Waals surface area (Å²) in [4.78, 5) is 16.0. The largest absolute Gasteiger partial charge is 0.389 e. The maximum atomic E-state index is 11.6. The van der Waals surface area contributed by atoms with Crippen LogP contribution in [0.25, 0.3) is 0 Å². The monoisotopic (exact) mass is 310 g/mol. The normalized spacial score (nSPS) is 21.6. The molecule has 3 N–H and O–H groups in total. The van der Waals surface area contributed by atoms with Gasteiger partial charge >= 0.3 is 6.03 Å². The zero-order chi connectivity index (χ0) is 14.3. The molecule has 0 aliphatic carbocycles. The molecule has 1 aromatic rings. The Hall–Kier alpha value is -1.53. The number of piperazine rings is 1. The Kier molecular flexibility index (Phi) is 3.43. The first-order valence-corrected chi connectivity index (χ1v) is 7.23. The highest BCUT2D eigenvalue weighted by Crippen LogP contribution is 2.27. The summed E-state index contributed by atoms with van der Waals surface area (Å²) in [5, 5.41) is 3.49. The van der Waals surface area contributed by atoms with Crippen LogP contribution >= 0.6 is 23.8 Å². The topological polar surface area (TPSA) is 61.6 Å². The van der Waals surface area contributed by atoms with Gasteiger partial charge in [-0.05, 0) is 18.2 Å². The van der Waals surface area contributed by atoms with Gasteiger partial charge in [0.1, 0.15) is 4.99 Å². The Bertz CT molecular complexity index is 579. The SMILES string of the molecule is NC(=S)c1cc(Cl)ccc1N1CCN2C(=O)NCC2C1. The molecular formula is C13H15ClN4OS. The molecule has 2 amide bonds. The van der Waals surface area contributed by atoms with E-state index in [2.05, 4.69) is 10.2 Å². The number of hydrogen-bond donors (Lipinski definition) is 2. The third-order valence-corrected chi connectivity index (χ3v) is 4.25. The van der Waals surface area contributed by atoms with E-state index in [0.717, 1.165) is 24.3 Å². The van der Waals surface area contributed by atoms with Crippen LogP contribution in [0.4, 0.5) is 10.5 Å². The fourth-order valence-corrected chi connectivity index (χ4v) is 3.14. The van der Waals surface area contributed by atoms with Crippen LogP contribution in [-0.2, 0) is 0 Å². The van der Waals surface area contributed by atoms with Gasteiger partial charge in [-0.25, -0.2) is 4.79 Å². The van der Waals surface area contributed by atoms with Gasteiger partial charge in [-0.2, -0.15) is 0 Å². The number of hydrogen-bond acceptors (Lipinski definition) is 3. The van der Waals surface area contributed by atoms with E-state index in [4.69, 9.17) is 29.6 Å². The summed E-state index contributed by atoms with van der Waals surface area (Å²) in [6.45, 7) is 2.93. The van der Waals surface area contributed by atoms with Gasteiger partial charge in [0.05, 0.1) is 6.04 Å². The number of nitrogens with zero attached hydrogens (tertiary/aromatic N) is 2. The third kappa shape index (κ3) is 2.29. The summed E-state index contributed by atoms with van der Waals surface area (Å²) in [6, 6.07) is 5.80. The van der Waals surface area contributed by atoms with Gasteiger partial charge in [0.25, 0.3) is 0 Å². The zero-order valence-corrected chi connectivity index (χ0v) is 12.4. The van der Waals surface area contributed by atoms with Gasteiger partial charge in [0.2, 0.25) is 0 Å². The van der Waals surface area contributed by atoms with E-state index < -0.39 is 0 Å². The van der Waals surface area contributed by atoms with Crippen molar-refractivity contribution in [3.05, 3.63) is 28.8 Å². The number of thiocarbonyl (C=S) groups is 1. The van der Waals surface area contributed by atoms with Gasteiger partial charge in [-0.3, -0.25) is 0 Å². The minimum Gasteiger partial charge on any atom is -0.389 e. The minimum absolute atomic E-state index is 0.0281. The van der Waals surface area contributed by atoms with Crippen molar-refractivity contribution in [3.63, 3.8) is 0 Å². The van der Waals surface area contributed by atoms with Gasteiger partial charge in [-0.1, -0.05) is 23.8 Å². The molecule has 0 saturated carbocycles. The third-order valence-electron chi connectivity index (χ3n) is 3.80. The molecule has 0 bridgehead atoms. The molecule has 2 aliphatic heterocycles. The fraction of sp³-hybridized carbons (Fsp3) is 0.385. The first-order chi connectivity index (χ1) is 9.56. The van der Waals surface area contributed by atoms with Crippen molar-refractivity contribution in [1.82, 2.24) is 10.2 Å². The molecule has 2 fully saturated rings. The van der Waals surface area contributed by atoms with Crippen LogP contribution in [0.3, 0.4) is 0 Å². The molecule has 7 heteroatoms. The average molecular weight is 311 g/mol. The number of nitrogens with two attached hydrogens (primary N) is 1. The quantitative estimate of drug-likeness (QED) is 0.806. The number of rotatable bonds is 2. The first kappa shape index (κ1) is 13.5. The molecule has 0 radical (unpaired) electrons. The summed E-state index contributed by atoms with van der Waals surface area (Å²) < 4.78 is 0. The van der Waals surface area contributed by atoms with E-state index in [1.165, 1.54) is 0 Å². The highest BCUT2D eigenvalue weighted by atomic mass is 35.5. The lowest BCUT2D eigenvalue weighted by Gasteiger charge is -2.38. The van der Waals surface area contributed by atoms with Crippen LogP contribution in [0.2, 0.25) is 5.02 Å². The van der Waals surface area contributed by atoms with E-state index >= 15 is 0 Å². The lowest BCUT2D eigenvalue weighted by atomic mass is 10.1. The second-order valence-corrected chi connectivity index (χ2v) is 5.88. The predicted octanol–water partition coefficient (Wildman–Crippen LogP) is 1.19. The van der Waals surface area contributed by atoms with Crippen LogP contribution in [0.1, 0.15) is 5.56 Å². The fourth-order valence-electron chi connectivity index (χ4n) is 2.80. The lowest BCUT2D eigenvalue weighted by Crippen LogP contribution is -2.52. The average Bonchev–Trinajstić information content (AvgIpc) is 2.80. The number of nitrogens with one attached hydrogen (secondary N) is 1. The summed E-state index contributed by atoms with van der Waals surface area (Å²) in [6.07, 6.45) is 0. The lowest BCUT2D eigenvalue weighted by molar-refractivity contribution is 0.197. The Morgan fingerprint density at radius 1 is 1.45 bits per heavy atom. The molecule has 2 aliphatic rings. The van der Waals surface area contributed by atoms with Crippen molar-refractivity contribution in [3.8, 4) is 0 Å². The maximum Gasteiger partial charge on any atom is 0.317 e. The standard InChI is InChI=1S/C13H15ClN4OS/c14-8-1-2-11(10(5-8)12(15)20)17-3-4-18-9(7-17)6-16-13(18)19/h1-2,5,9H,3-4,6-7H2,(H2,15,20)(H,16,19). The van der Waals surface area contributed by atoms with Crippen LogP contribution in [0.15, 0.2) is 18.2 Å². The molecule has 106 valence electrons. The Morgan fingerprint density at radius 2 is 2.25 bits per heavy atom. The number of carbonyl (C=O) groups is 1. The van der Waals surface area contributed by atoms with Crippen LogP contribution < -0.4 is 16.0 Å². The highest BCUT2D eigenvalue weighted by Gasteiger charge is 2.35. The van der Waals surface area contributed by atoms with Crippen LogP contribution in [0.5, 0.6) is 0 Å². The van der Waals surface area contributed by atoms with Gasteiger partial charge in [-0.15, -0.1) is 0 Å². The molecular weight excluding hydrogens is 296 g/mol. The Morgan fingerprint density at radius 3 is 3.00 bits per heavy atom. The van der Waals surface area contributed by atoms with Gasteiger partial charge in [0, 0.05) is 42.5 Å². The van der Waals surface area contributed by atoms with E-state index in [9.17, 15) is 4.79 Å². The molecule has 20 heavy (non-hydrogen) atoms. The Labute approximate surface area is 127 Å². The van der Waals surface area contributed by atoms with Crippen molar-refractivity contribution in [1.29, 1.82) is 0 Å². The van der Waals surface area contributed by atoms with Gasteiger partial charge in [0.15, 0.2) is 0 Å². The molecule has 2 saturated heterocycles. The second kappa shape index (κ2) is 5.10. The van der Waals surface area contributed by atoms with Crippen LogP contribution in [0, 0.1) is 0 Å². The predicted molar refractivity (Wildman–Crippen MR) is 83.4 cm³/mol. The molecule has 5 nitrogen and oxygen atoms in total. The summed E-state index contributed by atoms with van der Waals surface area (Å²) >= 11 is 11.1. The smallest absolute Gasteiger partial charge is 0.317 e. The molecule has 3 rings (SSSR count). The number of urea groups is 1. The number of benzene rings is 1. The Balaban J connectivity index is 1.87. The summed E-state index contributed by atoms with van der Waals surface area (Å²) in [5.41, 5.74) is 7.57. The van der Waals surface area contributed by atoms with E-state index in [1.54, 1.807) is 6.07 Å². The number of amides is 2.